The molecule has 9 nitrogen and oxygen atoms in total. The number of ether oxygens (including phenoxy) is 8. The van der Waals surface area contributed by atoms with Gasteiger partial charge in [0, 0.05) is 19.5 Å². The fourth-order valence-electron chi connectivity index (χ4n) is 3.98. The number of rotatable bonds is 12. The van der Waals surface area contributed by atoms with Crippen molar-refractivity contribution >= 4 is 0 Å². The highest BCUT2D eigenvalue weighted by molar-refractivity contribution is 5.54. The molecule has 0 spiro atoms. The summed E-state index contributed by atoms with van der Waals surface area (Å²) in [4.78, 5) is 0. The molecular formula is C25H35NO8. The van der Waals surface area contributed by atoms with Crippen LogP contribution in [0.4, 0.5) is 0 Å². The van der Waals surface area contributed by atoms with E-state index in [4.69, 9.17) is 37.9 Å². The Bertz CT molecular complexity index is 812. The minimum atomic E-state index is 0.0118. The van der Waals surface area contributed by atoms with E-state index in [9.17, 15) is 0 Å². The molecule has 2 unspecified atom stereocenters. The topological polar surface area (TPSA) is 85.9 Å². The molecule has 0 bridgehead atoms. The average Bonchev–Trinajstić information content (AvgIpc) is 2.89. The van der Waals surface area contributed by atoms with Gasteiger partial charge >= 0.3 is 0 Å². The van der Waals surface area contributed by atoms with Crippen LogP contribution < -0.4 is 33.7 Å². The Labute approximate surface area is 201 Å². The zero-order valence-corrected chi connectivity index (χ0v) is 20.8. The van der Waals surface area contributed by atoms with Gasteiger partial charge in [-0.1, -0.05) is 0 Å². The summed E-state index contributed by atoms with van der Waals surface area (Å²) < 4.78 is 44.9. The van der Waals surface area contributed by atoms with Crippen LogP contribution >= 0.6 is 0 Å². The Kier molecular flexibility index (Phi) is 9.50. The molecule has 1 N–H and O–H groups in total. The van der Waals surface area contributed by atoms with Gasteiger partial charge in [0.05, 0.1) is 68.1 Å². The zero-order chi connectivity index (χ0) is 24.5. The Balaban J connectivity index is 1.58. The lowest BCUT2D eigenvalue weighted by atomic mass is 10.1. The van der Waals surface area contributed by atoms with Crippen LogP contribution in [-0.4, -0.2) is 68.0 Å². The minimum Gasteiger partial charge on any atom is -0.493 e. The van der Waals surface area contributed by atoms with Crippen LogP contribution in [0.25, 0.3) is 0 Å². The van der Waals surface area contributed by atoms with Crippen LogP contribution in [0.5, 0.6) is 34.5 Å². The van der Waals surface area contributed by atoms with E-state index in [0.717, 1.165) is 30.6 Å². The van der Waals surface area contributed by atoms with Gasteiger partial charge in [-0.05, 0) is 35.4 Å². The molecular weight excluding hydrogens is 442 g/mol. The fraction of sp³-hybridized carbons (Fsp3) is 0.520. The van der Waals surface area contributed by atoms with Crippen LogP contribution in [0.15, 0.2) is 24.3 Å². The molecule has 1 aliphatic heterocycles. The summed E-state index contributed by atoms with van der Waals surface area (Å²) in [7, 11) is 9.57. The predicted molar refractivity (Wildman–Crippen MR) is 127 cm³/mol. The molecule has 0 aromatic heterocycles. The monoisotopic (exact) mass is 477 g/mol. The summed E-state index contributed by atoms with van der Waals surface area (Å²) in [6.07, 6.45) is 0.803. The third kappa shape index (κ3) is 6.16. The smallest absolute Gasteiger partial charge is 0.203 e. The van der Waals surface area contributed by atoms with Crippen LogP contribution in [0.3, 0.4) is 0 Å². The van der Waals surface area contributed by atoms with Gasteiger partial charge in [0.15, 0.2) is 23.0 Å². The lowest BCUT2D eigenvalue weighted by Gasteiger charge is -2.30. The highest BCUT2D eigenvalue weighted by Crippen LogP contribution is 2.39. The molecule has 2 aromatic rings. The lowest BCUT2D eigenvalue weighted by molar-refractivity contribution is -0.0464. The second kappa shape index (κ2) is 12.5. The van der Waals surface area contributed by atoms with Crippen molar-refractivity contribution in [1.29, 1.82) is 0 Å². The number of piperidine rings is 1. The van der Waals surface area contributed by atoms with E-state index in [2.05, 4.69) is 5.32 Å². The Morgan fingerprint density at radius 2 is 0.941 bits per heavy atom. The first-order chi connectivity index (χ1) is 16.6. The van der Waals surface area contributed by atoms with E-state index in [0.29, 0.717) is 47.7 Å². The second-order valence-corrected chi connectivity index (χ2v) is 7.83. The minimum absolute atomic E-state index is 0.0118. The predicted octanol–water partition coefficient (Wildman–Crippen LogP) is 3.20. The van der Waals surface area contributed by atoms with Gasteiger partial charge in [0.25, 0.3) is 0 Å². The quantitative estimate of drug-likeness (QED) is 0.495. The molecule has 0 saturated carbocycles. The fourth-order valence-corrected chi connectivity index (χ4v) is 3.98. The van der Waals surface area contributed by atoms with Gasteiger partial charge in [0.1, 0.15) is 0 Å². The van der Waals surface area contributed by atoms with E-state index < -0.39 is 0 Å². The van der Waals surface area contributed by atoms with Crippen molar-refractivity contribution in [3.63, 3.8) is 0 Å². The van der Waals surface area contributed by atoms with Gasteiger partial charge in [-0.3, -0.25) is 0 Å². The Morgan fingerprint density at radius 1 is 0.588 bits per heavy atom. The van der Waals surface area contributed by atoms with Crippen LogP contribution in [0, 0.1) is 0 Å². The number of hydrogen-bond donors (Lipinski definition) is 1. The average molecular weight is 478 g/mol. The summed E-state index contributed by atoms with van der Waals surface area (Å²) in [5.41, 5.74) is 1.88. The molecule has 0 amide bonds. The summed E-state index contributed by atoms with van der Waals surface area (Å²) in [6, 6.07) is 7.60. The zero-order valence-electron chi connectivity index (χ0n) is 20.8. The van der Waals surface area contributed by atoms with Crippen LogP contribution in [0.2, 0.25) is 0 Å². The van der Waals surface area contributed by atoms with Crippen LogP contribution in [-0.2, 0) is 22.7 Å². The third-order valence-corrected chi connectivity index (χ3v) is 5.69. The molecule has 188 valence electrons. The van der Waals surface area contributed by atoms with Crippen molar-refractivity contribution in [2.75, 3.05) is 55.7 Å². The molecule has 2 aromatic carbocycles. The third-order valence-electron chi connectivity index (χ3n) is 5.69. The van der Waals surface area contributed by atoms with Crippen molar-refractivity contribution in [2.45, 2.75) is 31.8 Å². The first-order valence-corrected chi connectivity index (χ1v) is 11.1. The molecule has 9 heteroatoms. The summed E-state index contributed by atoms with van der Waals surface area (Å²) >= 11 is 0. The normalized spacial score (nSPS) is 17.7. The SMILES string of the molecule is COc1cc(COC2CNCC(OCc3cc(OC)c(OC)c(OC)c3)C2)cc(OC)c1OC. The van der Waals surface area contributed by atoms with E-state index in [1.165, 1.54) is 0 Å². The number of benzene rings is 2. The van der Waals surface area contributed by atoms with Gasteiger partial charge in [-0.2, -0.15) is 0 Å². The second-order valence-electron chi connectivity index (χ2n) is 7.83. The highest BCUT2D eigenvalue weighted by atomic mass is 16.5. The molecule has 1 fully saturated rings. The van der Waals surface area contributed by atoms with Gasteiger partial charge in [-0.25, -0.2) is 0 Å². The summed E-state index contributed by atoms with van der Waals surface area (Å²) in [5.74, 6) is 3.55. The lowest BCUT2D eigenvalue weighted by Crippen LogP contribution is -2.44. The van der Waals surface area contributed by atoms with E-state index in [1.807, 2.05) is 24.3 Å². The molecule has 3 rings (SSSR count). The summed E-state index contributed by atoms with van der Waals surface area (Å²) in [5, 5.41) is 3.40. The standard InChI is InChI=1S/C25H35NO8/c1-27-20-7-16(8-21(28-2)24(20)31-5)14-33-18-11-19(13-26-12-18)34-15-17-9-22(29-3)25(32-6)23(10-17)30-4/h7-10,18-19,26H,11-15H2,1-6H3. The number of hydrogen-bond acceptors (Lipinski definition) is 9. The Morgan fingerprint density at radius 3 is 1.24 bits per heavy atom. The Hall–Kier alpha value is -2.88. The molecule has 0 aliphatic carbocycles. The van der Waals surface area contributed by atoms with Gasteiger partial charge < -0.3 is 43.2 Å². The molecule has 1 heterocycles. The first kappa shape index (κ1) is 25.7. The van der Waals surface area contributed by atoms with Gasteiger partial charge in [-0.15, -0.1) is 0 Å². The molecule has 1 saturated heterocycles. The molecule has 1 aliphatic rings. The number of nitrogens with one attached hydrogen (secondary N) is 1. The van der Waals surface area contributed by atoms with Gasteiger partial charge in [0.2, 0.25) is 11.5 Å². The van der Waals surface area contributed by atoms with Crippen molar-refractivity contribution in [3.05, 3.63) is 35.4 Å². The van der Waals surface area contributed by atoms with Crippen molar-refractivity contribution in [3.8, 4) is 34.5 Å². The summed E-state index contributed by atoms with van der Waals surface area (Å²) in [6.45, 7) is 2.36. The molecule has 2 atom stereocenters. The van der Waals surface area contributed by atoms with Crippen molar-refractivity contribution in [2.24, 2.45) is 0 Å². The van der Waals surface area contributed by atoms with E-state index in [-0.39, 0.29) is 12.2 Å². The molecule has 34 heavy (non-hydrogen) atoms. The van der Waals surface area contributed by atoms with Crippen LogP contribution in [0.1, 0.15) is 17.5 Å². The van der Waals surface area contributed by atoms with Crippen molar-refractivity contribution in [1.82, 2.24) is 5.32 Å². The largest absolute Gasteiger partial charge is 0.493 e. The highest BCUT2D eigenvalue weighted by Gasteiger charge is 2.24. The van der Waals surface area contributed by atoms with E-state index >= 15 is 0 Å². The maximum absolute atomic E-state index is 6.18. The maximum atomic E-state index is 6.18. The van der Waals surface area contributed by atoms with Crippen molar-refractivity contribution < 1.29 is 37.9 Å². The first-order valence-electron chi connectivity index (χ1n) is 11.1. The van der Waals surface area contributed by atoms with E-state index in [1.54, 1.807) is 42.7 Å². The maximum Gasteiger partial charge on any atom is 0.203 e. The molecule has 0 radical (unpaired) electrons. The number of methoxy groups -OCH3 is 6.